The van der Waals surface area contributed by atoms with Crippen LogP contribution in [0.2, 0.25) is 0 Å². The van der Waals surface area contributed by atoms with Gasteiger partial charge in [-0.2, -0.15) is 5.10 Å². The molecule has 1 aromatic heterocycles. The summed E-state index contributed by atoms with van der Waals surface area (Å²) in [4.78, 5) is 2.27. The molecule has 0 fully saturated rings. The molecule has 0 radical (unpaired) electrons. The van der Waals surface area contributed by atoms with Gasteiger partial charge < -0.3 is 14.6 Å². The monoisotopic (exact) mass is 423 g/mol. The van der Waals surface area contributed by atoms with E-state index in [2.05, 4.69) is 24.0 Å². The summed E-state index contributed by atoms with van der Waals surface area (Å²) in [5.74, 6) is 1.99. The van der Waals surface area contributed by atoms with Crippen LogP contribution in [0.15, 0.2) is 54.6 Å². The van der Waals surface area contributed by atoms with Gasteiger partial charge in [0.05, 0.1) is 18.8 Å². The second-order valence-electron chi connectivity index (χ2n) is 7.67. The summed E-state index contributed by atoms with van der Waals surface area (Å²) in [6.07, 6.45) is 1.37. The van der Waals surface area contributed by atoms with Crippen LogP contribution in [0.25, 0.3) is 11.3 Å². The minimum absolute atomic E-state index is 0.359. The number of aryl methyl sites for hydroxylation is 1. The van der Waals surface area contributed by atoms with Gasteiger partial charge in [0.2, 0.25) is 5.88 Å². The number of aromatic nitrogens is 2. The summed E-state index contributed by atoms with van der Waals surface area (Å²) in [5.41, 5.74) is 2.92. The zero-order chi connectivity index (χ0) is 22.2. The Kier molecular flexibility index (Phi) is 8.09. The zero-order valence-electron chi connectivity index (χ0n) is 18.9. The second kappa shape index (κ2) is 11.0. The maximum Gasteiger partial charge on any atom is 0.222 e. The number of rotatable bonds is 11. The predicted octanol–water partition coefficient (Wildman–Crippen LogP) is 4.87. The third-order valence-electron chi connectivity index (χ3n) is 5.27. The van der Waals surface area contributed by atoms with Gasteiger partial charge in [0.15, 0.2) is 11.5 Å². The van der Waals surface area contributed by atoms with Crippen molar-refractivity contribution in [2.24, 2.45) is 7.05 Å². The van der Waals surface area contributed by atoms with E-state index >= 15 is 0 Å². The average molecular weight is 424 g/mol. The van der Waals surface area contributed by atoms with Gasteiger partial charge in [0, 0.05) is 25.7 Å². The molecule has 2 aromatic carbocycles. The van der Waals surface area contributed by atoms with Crippen LogP contribution in [0, 0.1) is 0 Å². The molecule has 0 saturated carbocycles. The van der Waals surface area contributed by atoms with Gasteiger partial charge in [-0.25, -0.2) is 4.68 Å². The molecular weight excluding hydrogens is 390 g/mol. The van der Waals surface area contributed by atoms with Crippen molar-refractivity contribution in [2.75, 3.05) is 20.2 Å². The Labute approximate surface area is 185 Å². The van der Waals surface area contributed by atoms with Gasteiger partial charge in [-0.15, -0.1) is 0 Å². The van der Waals surface area contributed by atoms with E-state index < -0.39 is 0 Å². The van der Waals surface area contributed by atoms with Gasteiger partial charge in [0.1, 0.15) is 5.69 Å². The number of ether oxygens (including phenoxy) is 2. The van der Waals surface area contributed by atoms with Crippen molar-refractivity contribution < 1.29 is 14.6 Å². The first-order valence-corrected chi connectivity index (χ1v) is 10.9. The molecule has 6 heteroatoms. The number of hydrogen-bond donors (Lipinski definition) is 1. The van der Waals surface area contributed by atoms with Crippen molar-refractivity contribution in [3.05, 3.63) is 60.2 Å². The maximum absolute atomic E-state index is 10.3. The molecule has 0 saturated heterocycles. The molecule has 0 bridgehead atoms. The Morgan fingerprint density at radius 3 is 2.35 bits per heavy atom. The predicted molar refractivity (Wildman–Crippen MR) is 124 cm³/mol. The fourth-order valence-corrected chi connectivity index (χ4v) is 3.66. The lowest BCUT2D eigenvalue weighted by Gasteiger charge is -2.24. The molecule has 3 rings (SSSR count). The molecule has 0 amide bonds. The molecule has 1 unspecified atom stereocenters. The minimum atomic E-state index is -0.359. The molecule has 0 spiro atoms. The highest BCUT2D eigenvalue weighted by Gasteiger charge is 2.23. The highest BCUT2D eigenvalue weighted by molar-refractivity contribution is 5.65. The topological polar surface area (TPSA) is 59.8 Å². The van der Waals surface area contributed by atoms with E-state index in [1.54, 1.807) is 11.8 Å². The molecule has 3 aromatic rings. The lowest BCUT2D eigenvalue weighted by Crippen LogP contribution is -2.32. The lowest BCUT2D eigenvalue weighted by molar-refractivity contribution is 0.105. The van der Waals surface area contributed by atoms with Crippen LogP contribution in [-0.4, -0.2) is 46.1 Å². The molecular formula is C25H33N3O3. The number of methoxy groups -OCH3 is 1. The SMILES string of the molecule is CCCN(Cc1c(-c2ccccc2)nn(C)c1Oc1ccccc1OC)CC(O)CC. The van der Waals surface area contributed by atoms with Crippen molar-refractivity contribution in [3.8, 4) is 28.6 Å². The normalized spacial score (nSPS) is 12.2. The van der Waals surface area contributed by atoms with Crippen LogP contribution >= 0.6 is 0 Å². The Hall–Kier alpha value is -2.83. The molecule has 6 nitrogen and oxygen atoms in total. The van der Waals surface area contributed by atoms with E-state index in [1.807, 2.05) is 56.4 Å². The fraction of sp³-hybridized carbons (Fsp3) is 0.400. The number of hydrogen-bond acceptors (Lipinski definition) is 5. The number of para-hydroxylation sites is 2. The quantitative estimate of drug-likeness (QED) is 0.477. The van der Waals surface area contributed by atoms with Gasteiger partial charge >= 0.3 is 0 Å². The van der Waals surface area contributed by atoms with Crippen molar-refractivity contribution in [1.29, 1.82) is 0 Å². The Balaban J connectivity index is 2.04. The molecule has 1 N–H and O–H groups in total. The lowest BCUT2D eigenvalue weighted by atomic mass is 10.1. The Morgan fingerprint density at radius 2 is 1.71 bits per heavy atom. The molecule has 0 aliphatic carbocycles. The van der Waals surface area contributed by atoms with Crippen LogP contribution in [-0.2, 0) is 13.6 Å². The van der Waals surface area contributed by atoms with Crippen LogP contribution in [0.4, 0.5) is 0 Å². The number of nitrogens with zero attached hydrogens (tertiary/aromatic N) is 3. The van der Waals surface area contributed by atoms with Crippen LogP contribution < -0.4 is 9.47 Å². The molecule has 166 valence electrons. The van der Waals surface area contributed by atoms with E-state index in [1.165, 1.54) is 0 Å². The van der Waals surface area contributed by atoms with Crippen LogP contribution in [0.1, 0.15) is 32.3 Å². The molecule has 0 aliphatic rings. The highest BCUT2D eigenvalue weighted by Crippen LogP contribution is 2.37. The zero-order valence-corrected chi connectivity index (χ0v) is 18.9. The minimum Gasteiger partial charge on any atom is -0.493 e. The first-order chi connectivity index (χ1) is 15.1. The van der Waals surface area contributed by atoms with E-state index in [-0.39, 0.29) is 6.10 Å². The van der Waals surface area contributed by atoms with Crippen molar-refractivity contribution in [2.45, 2.75) is 39.3 Å². The van der Waals surface area contributed by atoms with Crippen molar-refractivity contribution in [1.82, 2.24) is 14.7 Å². The third kappa shape index (κ3) is 5.66. The smallest absolute Gasteiger partial charge is 0.222 e. The van der Waals surface area contributed by atoms with E-state index in [9.17, 15) is 5.11 Å². The molecule has 1 atom stereocenters. The average Bonchev–Trinajstić information content (AvgIpc) is 3.09. The first-order valence-electron chi connectivity index (χ1n) is 10.9. The summed E-state index contributed by atoms with van der Waals surface area (Å²) in [5, 5.41) is 15.1. The number of aliphatic hydroxyl groups excluding tert-OH is 1. The van der Waals surface area contributed by atoms with Gasteiger partial charge in [-0.05, 0) is 31.5 Å². The van der Waals surface area contributed by atoms with E-state index in [0.29, 0.717) is 30.5 Å². The largest absolute Gasteiger partial charge is 0.493 e. The number of aliphatic hydroxyl groups is 1. The van der Waals surface area contributed by atoms with Crippen molar-refractivity contribution in [3.63, 3.8) is 0 Å². The maximum atomic E-state index is 10.3. The standard InChI is InChI=1S/C25H33N3O3/c1-5-16-28(17-20(29)6-2)18-21-24(19-12-8-7-9-13-19)26-27(3)25(21)31-23-15-11-10-14-22(23)30-4/h7-15,20,29H,5-6,16-18H2,1-4H3. The summed E-state index contributed by atoms with van der Waals surface area (Å²) < 4.78 is 13.6. The van der Waals surface area contributed by atoms with Gasteiger partial charge in [-0.1, -0.05) is 56.3 Å². The van der Waals surface area contributed by atoms with E-state index in [0.717, 1.165) is 36.2 Å². The summed E-state index contributed by atoms with van der Waals surface area (Å²) in [6.45, 7) is 6.28. The Morgan fingerprint density at radius 1 is 1.03 bits per heavy atom. The van der Waals surface area contributed by atoms with Crippen molar-refractivity contribution >= 4 is 0 Å². The summed E-state index contributed by atoms with van der Waals surface area (Å²) in [7, 11) is 3.53. The van der Waals surface area contributed by atoms with Gasteiger partial charge in [0.25, 0.3) is 0 Å². The summed E-state index contributed by atoms with van der Waals surface area (Å²) >= 11 is 0. The Bertz CT molecular complexity index is 956. The molecule has 1 heterocycles. The van der Waals surface area contributed by atoms with Crippen LogP contribution in [0.5, 0.6) is 17.4 Å². The third-order valence-corrected chi connectivity index (χ3v) is 5.27. The molecule has 31 heavy (non-hydrogen) atoms. The molecule has 0 aliphatic heterocycles. The number of benzene rings is 2. The summed E-state index contributed by atoms with van der Waals surface area (Å²) in [6, 6.07) is 17.8. The first kappa shape index (κ1) is 22.8. The highest BCUT2D eigenvalue weighted by atomic mass is 16.5. The van der Waals surface area contributed by atoms with Gasteiger partial charge in [-0.3, -0.25) is 4.90 Å². The van der Waals surface area contributed by atoms with Crippen LogP contribution in [0.3, 0.4) is 0 Å². The fourth-order valence-electron chi connectivity index (χ4n) is 3.66. The van der Waals surface area contributed by atoms with E-state index in [4.69, 9.17) is 14.6 Å². The second-order valence-corrected chi connectivity index (χ2v) is 7.67.